The molecule has 0 spiro atoms. The van der Waals surface area contributed by atoms with Gasteiger partial charge in [0.05, 0.1) is 28.4 Å². The van der Waals surface area contributed by atoms with Gasteiger partial charge >= 0.3 is 0 Å². The summed E-state index contributed by atoms with van der Waals surface area (Å²) in [6.45, 7) is 4.65. The topological polar surface area (TPSA) is 36.9 Å². The molecule has 4 atom stereocenters. The van der Waals surface area contributed by atoms with Gasteiger partial charge in [0, 0.05) is 0 Å². The number of ether oxygens (including phenoxy) is 4. The molecular weight excluding hydrogens is 328 g/mol. The molecule has 2 aromatic rings. The van der Waals surface area contributed by atoms with Crippen LogP contribution in [0.25, 0.3) is 0 Å². The maximum absolute atomic E-state index is 5.50. The lowest BCUT2D eigenvalue weighted by Crippen LogP contribution is -2.40. The molecule has 0 N–H and O–H groups in total. The Kier molecular flexibility index (Phi) is 5.30. The third kappa shape index (κ3) is 2.98. The van der Waals surface area contributed by atoms with Crippen molar-refractivity contribution >= 4 is 0 Å². The predicted octanol–water partition coefficient (Wildman–Crippen LogP) is 4.87. The lowest BCUT2D eigenvalue weighted by molar-refractivity contribution is 0.122. The van der Waals surface area contributed by atoms with Crippen LogP contribution in [0.4, 0.5) is 0 Å². The van der Waals surface area contributed by atoms with Gasteiger partial charge in [0.15, 0.2) is 23.0 Å². The lowest BCUT2D eigenvalue weighted by atomic mass is 9.54. The zero-order valence-corrected chi connectivity index (χ0v) is 16.4. The SMILES string of the molecule is COc1ccc([C@@H]2[C@@H](C)[C@H](C)[C@H]2c2ccc(OC)c(OC)c2)cc1OC. The average Bonchev–Trinajstić information content (AvgIpc) is 2.70. The second-order valence-electron chi connectivity index (χ2n) is 7.00. The number of rotatable bonds is 6. The first-order valence-corrected chi connectivity index (χ1v) is 8.99. The Hall–Kier alpha value is -2.36. The van der Waals surface area contributed by atoms with Crippen LogP contribution < -0.4 is 18.9 Å². The van der Waals surface area contributed by atoms with Gasteiger partial charge in [-0.15, -0.1) is 0 Å². The molecule has 0 heterocycles. The van der Waals surface area contributed by atoms with E-state index >= 15 is 0 Å². The van der Waals surface area contributed by atoms with E-state index in [1.165, 1.54) is 11.1 Å². The maximum Gasteiger partial charge on any atom is 0.160 e. The Morgan fingerprint density at radius 1 is 0.538 bits per heavy atom. The molecule has 0 aliphatic heterocycles. The van der Waals surface area contributed by atoms with E-state index in [-0.39, 0.29) is 0 Å². The molecule has 1 fully saturated rings. The smallest absolute Gasteiger partial charge is 0.160 e. The van der Waals surface area contributed by atoms with Crippen molar-refractivity contribution in [1.82, 2.24) is 0 Å². The van der Waals surface area contributed by atoms with Gasteiger partial charge in [-0.2, -0.15) is 0 Å². The molecule has 0 amide bonds. The minimum absolute atomic E-state index is 0.433. The van der Waals surface area contributed by atoms with Crippen molar-refractivity contribution in [3.63, 3.8) is 0 Å². The third-order valence-electron chi connectivity index (χ3n) is 5.93. The minimum Gasteiger partial charge on any atom is -0.493 e. The predicted molar refractivity (Wildman–Crippen MR) is 103 cm³/mol. The van der Waals surface area contributed by atoms with E-state index in [2.05, 4.69) is 38.1 Å². The monoisotopic (exact) mass is 356 g/mol. The molecule has 0 bridgehead atoms. The maximum atomic E-state index is 5.50. The third-order valence-corrected chi connectivity index (χ3v) is 5.93. The molecule has 4 heteroatoms. The molecule has 1 saturated carbocycles. The van der Waals surface area contributed by atoms with Crippen molar-refractivity contribution < 1.29 is 18.9 Å². The van der Waals surface area contributed by atoms with Crippen LogP contribution in [-0.2, 0) is 0 Å². The summed E-state index contributed by atoms with van der Waals surface area (Å²) >= 11 is 0. The average molecular weight is 356 g/mol. The van der Waals surface area contributed by atoms with Crippen molar-refractivity contribution in [3.8, 4) is 23.0 Å². The normalized spacial score (nSPS) is 24.5. The van der Waals surface area contributed by atoms with Crippen molar-refractivity contribution in [3.05, 3.63) is 47.5 Å². The Morgan fingerprint density at radius 3 is 1.19 bits per heavy atom. The fraction of sp³-hybridized carbons (Fsp3) is 0.455. The van der Waals surface area contributed by atoms with E-state index < -0.39 is 0 Å². The molecule has 1 aliphatic rings. The Balaban J connectivity index is 1.97. The fourth-order valence-corrected chi connectivity index (χ4v) is 4.30. The van der Waals surface area contributed by atoms with Crippen LogP contribution in [0.2, 0.25) is 0 Å². The van der Waals surface area contributed by atoms with Gasteiger partial charge in [-0.3, -0.25) is 0 Å². The molecule has 0 saturated heterocycles. The second kappa shape index (κ2) is 7.48. The van der Waals surface area contributed by atoms with Gasteiger partial charge in [0.1, 0.15) is 0 Å². The first-order chi connectivity index (χ1) is 12.5. The molecule has 0 unspecified atom stereocenters. The Bertz CT molecular complexity index is 705. The molecule has 140 valence electrons. The highest BCUT2D eigenvalue weighted by molar-refractivity contribution is 5.49. The van der Waals surface area contributed by atoms with Crippen molar-refractivity contribution in [2.45, 2.75) is 25.7 Å². The summed E-state index contributed by atoms with van der Waals surface area (Å²) in [6.07, 6.45) is 0. The van der Waals surface area contributed by atoms with Gasteiger partial charge in [-0.25, -0.2) is 0 Å². The summed E-state index contributed by atoms with van der Waals surface area (Å²) in [5.74, 6) is 5.13. The summed E-state index contributed by atoms with van der Waals surface area (Å²) in [5, 5.41) is 0. The van der Waals surface area contributed by atoms with Gasteiger partial charge in [0.25, 0.3) is 0 Å². The number of hydrogen-bond acceptors (Lipinski definition) is 4. The summed E-state index contributed by atoms with van der Waals surface area (Å²) in [6, 6.07) is 12.5. The lowest BCUT2D eigenvalue weighted by Gasteiger charge is -2.50. The fourth-order valence-electron chi connectivity index (χ4n) is 4.30. The van der Waals surface area contributed by atoms with Crippen molar-refractivity contribution in [1.29, 1.82) is 0 Å². The highest BCUT2D eigenvalue weighted by atomic mass is 16.5. The molecule has 0 radical (unpaired) electrons. The first kappa shape index (κ1) is 18.4. The molecule has 26 heavy (non-hydrogen) atoms. The Morgan fingerprint density at radius 2 is 0.885 bits per heavy atom. The van der Waals surface area contributed by atoms with Crippen LogP contribution in [0.3, 0.4) is 0 Å². The van der Waals surface area contributed by atoms with Crippen molar-refractivity contribution in [2.75, 3.05) is 28.4 Å². The highest BCUT2D eigenvalue weighted by Gasteiger charge is 2.46. The van der Waals surface area contributed by atoms with E-state index in [1.807, 2.05) is 12.1 Å². The van der Waals surface area contributed by atoms with E-state index in [9.17, 15) is 0 Å². The molecule has 3 rings (SSSR count). The summed E-state index contributed by atoms with van der Waals surface area (Å²) < 4.78 is 21.8. The standard InChI is InChI=1S/C22H28O4/c1-13-14(2)22(16-8-10-18(24-4)20(12-16)26-6)21(13)15-7-9-17(23-3)19(11-15)25-5/h7-14,21-22H,1-6H3/t13-,14-,21-,22-/m0/s1. The van der Waals surface area contributed by atoms with Gasteiger partial charge in [0.2, 0.25) is 0 Å². The van der Waals surface area contributed by atoms with Gasteiger partial charge in [-0.1, -0.05) is 26.0 Å². The largest absolute Gasteiger partial charge is 0.493 e. The van der Waals surface area contributed by atoms with Crippen molar-refractivity contribution in [2.24, 2.45) is 11.8 Å². The highest BCUT2D eigenvalue weighted by Crippen LogP contribution is 2.58. The summed E-state index contributed by atoms with van der Waals surface area (Å²) in [5.41, 5.74) is 2.57. The molecule has 0 aromatic heterocycles. The van der Waals surface area contributed by atoms with Crippen LogP contribution in [0.15, 0.2) is 36.4 Å². The van der Waals surface area contributed by atoms with E-state index in [0.717, 1.165) is 23.0 Å². The van der Waals surface area contributed by atoms with Gasteiger partial charge < -0.3 is 18.9 Å². The molecule has 2 aromatic carbocycles. The van der Waals surface area contributed by atoms with Crippen LogP contribution in [0, 0.1) is 11.8 Å². The summed E-state index contributed by atoms with van der Waals surface area (Å²) in [7, 11) is 6.69. The van der Waals surface area contributed by atoms with E-state index in [4.69, 9.17) is 18.9 Å². The second-order valence-corrected chi connectivity index (χ2v) is 7.00. The summed E-state index contributed by atoms with van der Waals surface area (Å²) in [4.78, 5) is 0. The minimum atomic E-state index is 0.433. The van der Waals surface area contributed by atoms with Crippen LogP contribution in [0.1, 0.15) is 36.8 Å². The quantitative estimate of drug-likeness (QED) is 0.740. The molecular formula is C22H28O4. The molecule has 4 nitrogen and oxygen atoms in total. The van der Waals surface area contributed by atoms with Crippen LogP contribution in [0.5, 0.6) is 23.0 Å². The molecule has 1 aliphatic carbocycles. The zero-order valence-electron chi connectivity index (χ0n) is 16.4. The van der Waals surface area contributed by atoms with E-state index in [1.54, 1.807) is 28.4 Å². The number of benzene rings is 2. The van der Waals surface area contributed by atoms with E-state index in [0.29, 0.717) is 23.7 Å². The van der Waals surface area contributed by atoms with Crippen LogP contribution >= 0.6 is 0 Å². The Labute approximate surface area is 156 Å². The first-order valence-electron chi connectivity index (χ1n) is 8.99. The number of hydrogen-bond donors (Lipinski definition) is 0. The zero-order chi connectivity index (χ0) is 18.8. The van der Waals surface area contributed by atoms with Gasteiger partial charge in [-0.05, 0) is 59.1 Å². The number of methoxy groups -OCH3 is 4. The van der Waals surface area contributed by atoms with Crippen LogP contribution in [-0.4, -0.2) is 28.4 Å².